The van der Waals surface area contributed by atoms with Crippen molar-refractivity contribution in [3.63, 3.8) is 0 Å². The van der Waals surface area contributed by atoms with Crippen molar-refractivity contribution in [2.75, 3.05) is 33.8 Å². The summed E-state index contributed by atoms with van der Waals surface area (Å²) in [6, 6.07) is 14.3. The molecular weight excluding hydrogens is 479 g/mol. The largest absolute Gasteiger partial charge is 0.497 e. The highest BCUT2D eigenvalue weighted by Gasteiger charge is 2.41. The first-order valence-corrected chi connectivity index (χ1v) is 13.5. The van der Waals surface area contributed by atoms with Crippen molar-refractivity contribution >= 4 is 18.9 Å². The van der Waals surface area contributed by atoms with Crippen LogP contribution in [0.15, 0.2) is 48.5 Å². The molecule has 1 heterocycles. The standard InChI is InChI=1S/C29H43BN4O4/c1-20(2)33(21(3)4)18-16-31-28(35)27-25-14-13-24(38-7)19-23(25)15-17-34(27)29(36)26(32(6)30(5)37)22-11-9-8-10-12-22/h8-14,19-21,26-27,37H,15-18H2,1-7H3,(H,31,35). The average Bonchev–Trinajstić information content (AvgIpc) is 2.89. The maximum atomic E-state index is 14.2. The fourth-order valence-electron chi connectivity index (χ4n) is 5.33. The molecule has 0 fully saturated rings. The summed E-state index contributed by atoms with van der Waals surface area (Å²) < 4.78 is 5.42. The van der Waals surface area contributed by atoms with Gasteiger partial charge in [-0.15, -0.1) is 0 Å². The Bertz CT molecular complexity index is 1070. The Labute approximate surface area is 228 Å². The molecule has 0 saturated heterocycles. The lowest BCUT2D eigenvalue weighted by atomic mass is 9.81. The van der Waals surface area contributed by atoms with E-state index in [1.165, 1.54) is 0 Å². The van der Waals surface area contributed by atoms with Gasteiger partial charge in [-0.3, -0.25) is 14.5 Å². The van der Waals surface area contributed by atoms with Crippen LogP contribution in [0.2, 0.25) is 6.82 Å². The molecule has 1 aliphatic rings. The third-order valence-corrected chi connectivity index (χ3v) is 7.45. The summed E-state index contributed by atoms with van der Waals surface area (Å²) in [5, 5.41) is 13.5. The van der Waals surface area contributed by atoms with Crippen LogP contribution in [0.4, 0.5) is 0 Å². The van der Waals surface area contributed by atoms with Crippen LogP contribution < -0.4 is 10.1 Å². The van der Waals surface area contributed by atoms with Gasteiger partial charge in [-0.1, -0.05) is 36.4 Å². The molecule has 0 spiro atoms. The second-order valence-corrected chi connectivity index (χ2v) is 10.6. The average molecular weight is 522 g/mol. The van der Waals surface area contributed by atoms with E-state index in [1.807, 2.05) is 48.5 Å². The third kappa shape index (κ3) is 6.76. The molecule has 38 heavy (non-hydrogen) atoms. The van der Waals surface area contributed by atoms with E-state index in [9.17, 15) is 14.6 Å². The number of carbonyl (C=O) groups is 2. The summed E-state index contributed by atoms with van der Waals surface area (Å²) in [4.78, 5) is 33.6. The Morgan fingerprint density at radius 3 is 2.37 bits per heavy atom. The summed E-state index contributed by atoms with van der Waals surface area (Å²) in [6.45, 7) is 11.8. The van der Waals surface area contributed by atoms with E-state index in [4.69, 9.17) is 4.74 Å². The number of carbonyl (C=O) groups excluding carboxylic acids is 2. The predicted molar refractivity (Wildman–Crippen MR) is 152 cm³/mol. The second-order valence-electron chi connectivity index (χ2n) is 10.6. The number of ether oxygens (including phenoxy) is 1. The third-order valence-electron chi connectivity index (χ3n) is 7.45. The topological polar surface area (TPSA) is 85.4 Å². The predicted octanol–water partition coefficient (Wildman–Crippen LogP) is 3.14. The van der Waals surface area contributed by atoms with Crippen LogP contribution in [0.3, 0.4) is 0 Å². The van der Waals surface area contributed by atoms with Gasteiger partial charge in [0.25, 0.3) is 0 Å². The van der Waals surface area contributed by atoms with E-state index in [2.05, 4.69) is 37.9 Å². The van der Waals surface area contributed by atoms with Gasteiger partial charge in [0.1, 0.15) is 17.8 Å². The lowest BCUT2D eigenvalue weighted by molar-refractivity contribution is -0.144. The molecule has 0 radical (unpaired) electrons. The van der Waals surface area contributed by atoms with Crippen molar-refractivity contribution in [1.29, 1.82) is 0 Å². The zero-order valence-electron chi connectivity index (χ0n) is 23.8. The highest BCUT2D eigenvalue weighted by molar-refractivity contribution is 6.45. The molecule has 0 aliphatic carbocycles. The molecule has 206 valence electrons. The van der Waals surface area contributed by atoms with E-state index in [0.717, 1.165) is 22.4 Å². The van der Waals surface area contributed by atoms with Crippen molar-refractivity contribution in [1.82, 2.24) is 19.9 Å². The van der Waals surface area contributed by atoms with E-state index in [-0.39, 0.29) is 11.8 Å². The molecule has 2 aromatic carbocycles. The Balaban J connectivity index is 1.95. The molecule has 0 saturated carbocycles. The van der Waals surface area contributed by atoms with Crippen LogP contribution in [-0.4, -0.2) is 84.4 Å². The van der Waals surface area contributed by atoms with Crippen molar-refractivity contribution < 1.29 is 19.3 Å². The summed E-state index contributed by atoms with van der Waals surface area (Å²) in [5.41, 5.74) is 2.57. The normalized spacial score (nSPS) is 16.1. The molecular formula is C29H43BN4O4. The summed E-state index contributed by atoms with van der Waals surface area (Å²) >= 11 is 0. The molecule has 3 rings (SSSR count). The van der Waals surface area contributed by atoms with Gasteiger partial charge in [-0.25, -0.2) is 0 Å². The molecule has 2 atom stereocenters. The number of rotatable bonds is 11. The number of nitrogens with zero attached hydrogens (tertiary/aromatic N) is 3. The zero-order valence-corrected chi connectivity index (χ0v) is 23.8. The van der Waals surface area contributed by atoms with Crippen LogP contribution in [0.1, 0.15) is 56.5 Å². The quantitative estimate of drug-likeness (QED) is 0.442. The minimum atomic E-state index is -0.851. The number of hydrogen-bond acceptors (Lipinski definition) is 6. The molecule has 1 aliphatic heterocycles. The highest BCUT2D eigenvalue weighted by atomic mass is 16.5. The number of benzene rings is 2. The van der Waals surface area contributed by atoms with E-state index in [0.29, 0.717) is 38.1 Å². The SMILES string of the molecule is COc1ccc2c(c1)CCN(C(=O)C(c1ccccc1)N(C)B(C)O)C2C(=O)NCCN(C(C)C)C(C)C. The number of methoxy groups -OCH3 is 1. The van der Waals surface area contributed by atoms with Crippen molar-refractivity contribution in [3.05, 3.63) is 65.2 Å². The van der Waals surface area contributed by atoms with Crippen LogP contribution in [0.25, 0.3) is 0 Å². The van der Waals surface area contributed by atoms with Gasteiger partial charge in [0.05, 0.1) is 7.11 Å². The smallest absolute Gasteiger partial charge is 0.377 e. The van der Waals surface area contributed by atoms with Crippen molar-refractivity contribution in [3.8, 4) is 5.75 Å². The van der Waals surface area contributed by atoms with Crippen LogP contribution in [-0.2, 0) is 16.0 Å². The second kappa shape index (κ2) is 13.3. The van der Waals surface area contributed by atoms with Crippen LogP contribution >= 0.6 is 0 Å². The van der Waals surface area contributed by atoms with Gasteiger partial charge in [-0.05, 0) is 76.8 Å². The van der Waals surface area contributed by atoms with Crippen molar-refractivity contribution in [2.45, 2.75) is 65.1 Å². The Kier molecular flexibility index (Phi) is 10.4. The summed E-state index contributed by atoms with van der Waals surface area (Å²) in [6.07, 6.45) is 0.608. The molecule has 9 heteroatoms. The first-order valence-electron chi connectivity index (χ1n) is 13.5. The molecule has 2 aromatic rings. The molecule has 0 bridgehead atoms. The van der Waals surface area contributed by atoms with Gasteiger partial charge >= 0.3 is 7.05 Å². The van der Waals surface area contributed by atoms with Crippen molar-refractivity contribution in [2.24, 2.45) is 0 Å². The van der Waals surface area contributed by atoms with Crippen LogP contribution in [0.5, 0.6) is 5.75 Å². The zero-order chi connectivity index (χ0) is 28.0. The minimum Gasteiger partial charge on any atom is -0.497 e. The monoisotopic (exact) mass is 522 g/mol. The first kappa shape index (κ1) is 29.7. The van der Waals surface area contributed by atoms with Gasteiger partial charge < -0.3 is 24.8 Å². The minimum absolute atomic E-state index is 0.205. The van der Waals surface area contributed by atoms with Gasteiger partial charge in [0.15, 0.2) is 0 Å². The molecule has 2 unspecified atom stereocenters. The van der Waals surface area contributed by atoms with Gasteiger partial charge in [0, 0.05) is 31.7 Å². The lowest BCUT2D eigenvalue weighted by Gasteiger charge is -2.40. The Morgan fingerprint density at radius 2 is 1.79 bits per heavy atom. The first-order chi connectivity index (χ1) is 18.1. The Hall–Kier alpha value is -2.88. The lowest BCUT2D eigenvalue weighted by Crippen LogP contribution is -2.53. The number of hydrogen-bond donors (Lipinski definition) is 2. The molecule has 2 amide bonds. The summed E-state index contributed by atoms with van der Waals surface area (Å²) in [7, 11) is 2.50. The maximum Gasteiger partial charge on any atom is 0.377 e. The van der Waals surface area contributed by atoms with E-state index >= 15 is 0 Å². The molecule has 0 aromatic heterocycles. The van der Waals surface area contributed by atoms with E-state index in [1.54, 1.807) is 30.7 Å². The molecule has 8 nitrogen and oxygen atoms in total. The van der Waals surface area contributed by atoms with Gasteiger partial charge in [0.2, 0.25) is 11.8 Å². The van der Waals surface area contributed by atoms with E-state index < -0.39 is 19.1 Å². The number of fused-ring (bicyclic) bond motifs is 1. The molecule has 2 N–H and O–H groups in total. The summed E-state index contributed by atoms with van der Waals surface area (Å²) in [5.74, 6) is 0.304. The highest BCUT2D eigenvalue weighted by Crippen LogP contribution is 2.35. The number of likely N-dealkylation sites (N-methyl/N-ethyl adjacent to an activating group) is 1. The Morgan fingerprint density at radius 1 is 1.13 bits per heavy atom. The maximum absolute atomic E-state index is 14.2. The number of amides is 2. The fourth-order valence-corrected chi connectivity index (χ4v) is 5.33. The van der Waals surface area contributed by atoms with Crippen LogP contribution in [0, 0.1) is 0 Å². The van der Waals surface area contributed by atoms with Gasteiger partial charge in [-0.2, -0.15) is 0 Å². The fraction of sp³-hybridized carbons (Fsp3) is 0.517. The number of nitrogens with one attached hydrogen (secondary N) is 1.